The van der Waals surface area contributed by atoms with Crippen LogP contribution >= 0.6 is 0 Å². The lowest BCUT2D eigenvalue weighted by Crippen LogP contribution is -2.42. The number of fused-ring (bicyclic) bond motifs is 1. The van der Waals surface area contributed by atoms with Crippen molar-refractivity contribution >= 4 is 22.7 Å². The van der Waals surface area contributed by atoms with Crippen molar-refractivity contribution in [2.24, 2.45) is 5.41 Å². The number of aromatic nitrogens is 1. The second kappa shape index (κ2) is 6.77. The summed E-state index contributed by atoms with van der Waals surface area (Å²) in [5, 5.41) is 20.3. The molecule has 0 aliphatic carbocycles. The molecule has 1 unspecified atom stereocenters. The summed E-state index contributed by atoms with van der Waals surface area (Å²) in [7, 11) is 1.91. The van der Waals surface area contributed by atoms with Crippen molar-refractivity contribution in [1.82, 2.24) is 9.88 Å². The highest BCUT2D eigenvalue weighted by Crippen LogP contribution is 2.43. The fraction of sp³-hybridized carbons (Fsp3) is 0.524. The molecule has 2 fully saturated rings. The smallest absolute Gasteiger partial charge is 0.320 e. The van der Waals surface area contributed by atoms with Crippen LogP contribution in [0.2, 0.25) is 0 Å². The van der Waals surface area contributed by atoms with Gasteiger partial charge in [-0.1, -0.05) is 12.1 Å². The molecule has 0 amide bonds. The van der Waals surface area contributed by atoms with Crippen LogP contribution in [0.3, 0.4) is 0 Å². The minimum absolute atomic E-state index is 0.0301. The van der Waals surface area contributed by atoms with E-state index in [1.54, 1.807) is 0 Å². The summed E-state index contributed by atoms with van der Waals surface area (Å²) in [6.07, 6.45) is 2.64. The molecule has 1 spiro atoms. The molecule has 6 nitrogen and oxygen atoms in total. The molecule has 2 aliphatic heterocycles. The summed E-state index contributed by atoms with van der Waals surface area (Å²) in [4.78, 5) is 20.6. The summed E-state index contributed by atoms with van der Waals surface area (Å²) in [6.45, 7) is 4.56. The Balaban J connectivity index is 1.57. The Morgan fingerprint density at radius 2 is 2.04 bits per heavy atom. The molecular weight excluding hydrogens is 342 g/mol. The maximum atomic E-state index is 11.5. The fourth-order valence-corrected chi connectivity index (χ4v) is 4.80. The van der Waals surface area contributed by atoms with Gasteiger partial charge in [0.15, 0.2) is 0 Å². The fourth-order valence-electron chi connectivity index (χ4n) is 4.80. The number of pyridine rings is 1. The second-order valence-corrected chi connectivity index (χ2v) is 8.29. The lowest BCUT2D eigenvalue weighted by molar-refractivity contribution is -0.141. The number of likely N-dealkylation sites (tertiary alicyclic amines) is 1. The van der Waals surface area contributed by atoms with Crippen LogP contribution in [0.5, 0.6) is 0 Å². The first kappa shape index (κ1) is 18.2. The Labute approximate surface area is 159 Å². The standard InChI is InChI=1S/C21H27N3O3/c1-14-3-4-15-10-16(12-25)19(22-17(15)9-14)24-7-5-21(6-8-24)11-18(20(26)27)23(2)13-21/h3-4,9-10,18,25H,5-8,11-13H2,1-2H3,(H,26,27). The van der Waals surface area contributed by atoms with Gasteiger partial charge < -0.3 is 15.1 Å². The van der Waals surface area contributed by atoms with Crippen LogP contribution in [-0.4, -0.2) is 58.8 Å². The van der Waals surface area contributed by atoms with Crippen molar-refractivity contribution in [3.05, 3.63) is 35.4 Å². The first-order valence-corrected chi connectivity index (χ1v) is 9.60. The first-order valence-electron chi connectivity index (χ1n) is 9.60. The maximum Gasteiger partial charge on any atom is 0.320 e. The zero-order chi connectivity index (χ0) is 19.2. The SMILES string of the molecule is Cc1ccc2cc(CO)c(N3CCC4(CC3)CC(C(=O)O)N(C)C4)nc2c1. The molecular formula is C21H27N3O3. The van der Waals surface area contributed by atoms with E-state index >= 15 is 0 Å². The molecule has 0 saturated carbocycles. The number of nitrogens with zero attached hydrogens (tertiary/aromatic N) is 3. The highest BCUT2D eigenvalue weighted by molar-refractivity contribution is 5.82. The summed E-state index contributed by atoms with van der Waals surface area (Å²) in [6, 6.07) is 7.85. The van der Waals surface area contributed by atoms with E-state index in [-0.39, 0.29) is 18.1 Å². The maximum absolute atomic E-state index is 11.5. The molecule has 1 aromatic carbocycles. The number of benzene rings is 1. The lowest BCUT2D eigenvalue weighted by Gasteiger charge is -2.40. The Hall–Kier alpha value is -2.18. The molecule has 6 heteroatoms. The van der Waals surface area contributed by atoms with Crippen LogP contribution in [0.25, 0.3) is 10.9 Å². The van der Waals surface area contributed by atoms with Gasteiger partial charge in [0, 0.05) is 30.6 Å². The number of aryl methyl sites for hydroxylation is 1. The van der Waals surface area contributed by atoms with E-state index in [4.69, 9.17) is 4.98 Å². The van der Waals surface area contributed by atoms with Crippen molar-refractivity contribution in [2.45, 2.75) is 38.8 Å². The number of likely N-dealkylation sites (N-methyl/N-ethyl adjacent to an activating group) is 1. The molecule has 27 heavy (non-hydrogen) atoms. The third-order valence-electron chi connectivity index (χ3n) is 6.35. The average Bonchev–Trinajstić information content (AvgIpc) is 2.97. The largest absolute Gasteiger partial charge is 0.480 e. The number of aliphatic carboxylic acids is 1. The number of carboxylic acid groups (broad SMARTS) is 1. The average molecular weight is 369 g/mol. The highest BCUT2D eigenvalue weighted by atomic mass is 16.4. The molecule has 4 rings (SSSR count). The van der Waals surface area contributed by atoms with E-state index < -0.39 is 5.97 Å². The Morgan fingerprint density at radius 1 is 1.30 bits per heavy atom. The Bertz CT molecular complexity index is 874. The van der Waals surface area contributed by atoms with E-state index in [9.17, 15) is 15.0 Å². The topological polar surface area (TPSA) is 76.9 Å². The first-order chi connectivity index (χ1) is 12.9. The van der Waals surface area contributed by atoms with Crippen LogP contribution in [0.15, 0.2) is 24.3 Å². The van der Waals surface area contributed by atoms with E-state index in [0.29, 0.717) is 0 Å². The van der Waals surface area contributed by atoms with Crippen molar-refractivity contribution in [2.75, 3.05) is 31.6 Å². The van der Waals surface area contributed by atoms with Gasteiger partial charge in [-0.05, 0) is 56.3 Å². The minimum atomic E-state index is -0.717. The van der Waals surface area contributed by atoms with Crippen molar-refractivity contribution in [3.63, 3.8) is 0 Å². The number of aliphatic hydroxyl groups excluding tert-OH is 1. The summed E-state index contributed by atoms with van der Waals surface area (Å²) in [5.74, 6) is 0.150. The van der Waals surface area contributed by atoms with Crippen LogP contribution in [0, 0.1) is 12.3 Å². The zero-order valence-electron chi connectivity index (χ0n) is 16.0. The summed E-state index contributed by atoms with van der Waals surface area (Å²) >= 11 is 0. The molecule has 2 aliphatic rings. The molecule has 144 valence electrons. The molecule has 2 aromatic rings. The second-order valence-electron chi connectivity index (χ2n) is 8.29. The molecule has 2 saturated heterocycles. The number of carbonyl (C=O) groups is 1. The summed E-state index contributed by atoms with van der Waals surface area (Å²) < 4.78 is 0. The Kier molecular flexibility index (Phi) is 4.56. The number of hydrogen-bond donors (Lipinski definition) is 2. The van der Waals surface area contributed by atoms with Crippen molar-refractivity contribution < 1.29 is 15.0 Å². The van der Waals surface area contributed by atoms with Gasteiger partial charge >= 0.3 is 5.97 Å². The van der Waals surface area contributed by atoms with E-state index in [0.717, 1.165) is 61.2 Å². The van der Waals surface area contributed by atoms with Crippen molar-refractivity contribution in [3.8, 4) is 0 Å². The monoisotopic (exact) mass is 369 g/mol. The highest BCUT2D eigenvalue weighted by Gasteiger charge is 2.46. The number of carboxylic acids is 1. The quantitative estimate of drug-likeness (QED) is 0.865. The third kappa shape index (κ3) is 3.28. The number of hydrogen-bond acceptors (Lipinski definition) is 5. The number of anilines is 1. The summed E-state index contributed by atoms with van der Waals surface area (Å²) in [5.41, 5.74) is 3.06. The Morgan fingerprint density at radius 3 is 2.67 bits per heavy atom. The van der Waals surface area contributed by atoms with Crippen LogP contribution in [0.1, 0.15) is 30.4 Å². The third-order valence-corrected chi connectivity index (χ3v) is 6.35. The predicted molar refractivity (Wildman–Crippen MR) is 105 cm³/mol. The van der Waals surface area contributed by atoms with Crippen LogP contribution in [0.4, 0.5) is 5.82 Å². The van der Waals surface area contributed by atoms with Gasteiger partial charge in [0.1, 0.15) is 11.9 Å². The molecule has 0 radical (unpaired) electrons. The van der Waals surface area contributed by atoms with Crippen molar-refractivity contribution in [1.29, 1.82) is 0 Å². The molecule has 3 heterocycles. The van der Waals surface area contributed by atoms with Gasteiger partial charge in [-0.3, -0.25) is 9.69 Å². The minimum Gasteiger partial charge on any atom is -0.480 e. The van der Waals surface area contributed by atoms with Gasteiger partial charge in [0.05, 0.1) is 12.1 Å². The molecule has 2 N–H and O–H groups in total. The predicted octanol–water partition coefficient (Wildman–Crippen LogP) is 2.41. The van der Waals surface area contributed by atoms with E-state index in [1.807, 2.05) is 24.1 Å². The van der Waals surface area contributed by atoms with Gasteiger partial charge in [0.25, 0.3) is 0 Å². The number of piperidine rings is 1. The van der Waals surface area contributed by atoms with Crippen LogP contribution in [-0.2, 0) is 11.4 Å². The van der Waals surface area contributed by atoms with E-state index in [1.165, 1.54) is 5.56 Å². The zero-order valence-corrected chi connectivity index (χ0v) is 16.0. The van der Waals surface area contributed by atoms with Gasteiger partial charge in [-0.15, -0.1) is 0 Å². The van der Waals surface area contributed by atoms with Crippen LogP contribution < -0.4 is 4.90 Å². The van der Waals surface area contributed by atoms with Gasteiger partial charge in [-0.2, -0.15) is 0 Å². The van der Waals surface area contributed by atoms with Gasteiger partial charge in [0.2, 0.25) is 0 Å². The molecule has 1 atom stereocenters. The molecule has 1 aromatic heterocycles. The molecule has 0 bridgehead atoms. The number of rotatable bonds is 3. The normalized spacial score (nSPS) is 22.6. The van der Waals surface area contributed by atoms with E-state index in [2.05, 4.69) is 24.0 Å². The van der Waals surface area contributed by atoms with Gasteiger partial charge in [-0.25, -0.2) is 4.98 Å². The lowest BCUT2D eigenvalue weighted by atomic mass is 9.76. The number of aliphatic hydroxyl groups is 1.